The van der Waals surface area contributed by atoms with Crippen LogP contribution in [-0.4, -0.2) is 36.5 Å². The zero-order chi connectivity index (χ0) is 15.5. The van der Waals surface area contributed by atoms with Gasteiger partial charge in [-0.05, 0) is 50.6 Å². The second-order valence-electron chi connectivity index (χ2n) is 5.21. The number of hydrogen-bond donors (Lipinski definition) is 1. The minimum Gasteiger partial charge on any atom is -0.337 e. The maximum atomic E-state index is 12.5. The summed E-state index contributed by atoms with van der Waals surface area (Å²) in [6, 6.07) is 4.68. The molecule has 1 amide bonds. The lowest BCUT2D eigenvalue weighted by molar-refractivity contribution is -0.137. The summed E-state index contributed by atoms with van der Waals surface area (Å²) in [7, 11) is 0. The van der Waals surface area contributed by atoms with Crippen LogP contribution in [0.15, 0.2) is 24.3 Å². The van der Waals surface area contributed by atoms with Crippen molar-refractivity contribution in [3.63, 3.8) is 0 Å². The lowest BCUT2D eigenvalue weighted by atomic mass is 10.1. The summed E-state index contributed by atoms with van der Waals surface area (Å²) in [6.07, 6.45) is -2.26. The first-order valence-corrected chi connectivity index (χ1v) is 7.11. The van der Waals surface area contributed by atoms with Gasteiger partial charge in [-0.25, -0.2) is 0 Å². The minimum atomic E-state index is -4.38. The summed E-state index contributed by atoms with van der Waals surface area (Å²) in [4.78, 5) is 14.0. The van der Waals surface area contributed by atoms with E-state index < -0.39 is 11.7 Å². The molecule has 1 unspecified atom stereocenters. The van der Waals surface area contributed by atoms with Gasteiger partial charge in [-0.1, -0.05) is 0 Å². The number of amides is 1. The van der Waals surface area contributed by atoms with Crippen LogP contribution in [-0.2, 0) is 6.18 Å². The van der Waals surface area contributed by atoms with Crippen molar-refractivity contribution >= 4 is 5.91 Å². The quantitative estimate of drug-likeness (QED) is 0.927. The molecule has 3 nitrogen and oxygen atoms in total. The monoisotopic (exact) mass is 300 g/mol. The number of hydrogen-bond acceptors (Lipinski definition) is 2. The molecule has 0 aromatic heterocycles. The Morgan fingerprint density at radius 3 is 2.48 bits per heavy atom. The average molecular weight is 300 g/mol. The number of nitrogens with zero attached hydrogens (tertiary/aromatic N) is 1. The van der Waals surface area contributed by atoms with Crippen LogP contribution >= 0.6 is 0 Å². The van der Waals surface area contributed by atoms with Crippen molar-refractivity contribution in [3.05, 3.63) is 35.4 Å². The number of alkyl halides is 3. The number of rotatable bonds is 4. The van der Waals surface area contributed by atoms with Gasteiger partial charge in [0.2, 0.25) is 0 Å². The van der Waals surface area contributed by atoms with Gasteiger partial charge in [-0.3, -0.25) is 4.79 Å². The molecule has 1 aromatic carbocycles. The topological polar surface area (TPSA) is 32.3 Å². The molecule has 1 aromatic rings. The lowest BCUT2D eigenvalue weighted by Gasteiger charge is -2.24. The van der Waals surface area contributed by atoms with Crippen LogP contribution < -0.4 is 5.32 Å². The molecule has 0 aliphatic carbocycles. The Morgan fingerprint density at radius 2 is 2.00 bits per heavy atom. The van der Waals surface area contributed by atoms with Gasteiger partial charge in [0.05, 0.1) is 5.56 Å². The molecule has 1 fully saturated rings. The summed E-state index contributed by atoms with van der Waals surface area (Å²) in [6.45, 7) is 3.96. The maximum absolute atomic E-state index is 12.5. The Kier molecular flexibility index (Phi) is 4.88. The molecule has 1 atom stereocenters. The summed E-state index contributed by atoms with van der Waals surface area (Å²) in [5, 5.41) is 3.31. The van der Waals surface area contributed by atoms with Crippen molar-refractivity contribution in [2.24, 2.45) is 0 Å². The smallest absolute Gasteiger partial charge is 0.337 e. The van der Waals surface area contributed by atoms with E-state index in [1.807, 2.05) is 6.92 Å². The van der Waals surface area contributed by atoms with Crippen molar-refractivity contribution in [1.82, 2.24) is 10.2 Å². The molecule has 6 heteroatoms. The molecule has 1 aliphatic heterocycles. The highest BCUT2D eigenvalue weighted by atomic mass is 19.4. The predicted molar refractivity (Wildman–Crippen MR) is 74.0 cm³/mol. The predicted octanol–water partition coefficient (Wildman–Crippen LogP) is 2.92. The van der Waals surface area contributed by atoms with Crippen LogP contribution in [0.1, 0.15) is 35.7 Å². The molecule has 1 saturated heterocycles. The zero-order valence-electron chi connectivity index (χ0n) is 11.9. The number of nitrogens with one attached hydrogen (secondary N) is 1. The second-order valence-corrected chi connectivity index (χ2v) is 5.21. The molecule has 0 bridgehead atoms. The van der Waals surface area contributed by atoms with Crippen LogP contribution in [0.4, 0.5) is 13.2 Å². The summed E-state index contributed by atoms with van der Waals surface area (Å²) < 4.78 is 37.5. The number of likely N-dealkylation sites (N-methyl/N-ethyl adjacent to an activating group) is 1. The van der Waals surface area contributed by atoms with Crippen LogP contribution in [0.2, 0.25) is 0 Å². The first kappa shape index (κ1) is 15.8. The number of halogens is 3. The molecular formula is C15H19F3N2O. The standard InChI is InChI=1S/C15H19F3N2O/c1-2-20(10-13-4-3-9-19-13)14(21)11-5-7-12(8-6-11)15(16,17)18/h5-8,13,19H,2-4,9-10H2,1H3. The Hall–Kier alpha value is -1.56. The van der Waals surface area contributed by atoms with Gasteiger partial charge in [0, 0.05) is 24.7 Å². The zero-order valence-corrected chi connectivity index (χ0v) is 11.9. The van der Waals surface area contributed by atoms with Gasteiger partial charge in [0.15, 0.2) is 0 Å². The molecule has 1 N–H and O–H groups in total. The largest absolute Gasteiger partial charge is 0.416 e. The van der Waals surface area contributed by atoms with Crippen molar-refractivity contribution in [2.45, 2.75) is 32.0 Å². The van der Waals surface area contributed by atoms with E-state index in [9.17, 15) is 18.0 Å². The Morgan fingerprint density at radius 1 is 1.33 bits per heavy atom. The van der Waals surface area contributed by atoms with E-state index in [4.69, 9.17) is 0 Å². The van der Waals surface area contributed by atoms with Gasteiger partial charge in [0.25, 0.3) is 5.91 Å². The SMILES string of the molecule is CCN(CC1CCCN1)C(=O)c1ccc(C(F)(F)F)cc1. The van der Waals surface area contributed by atoms with Gasteiger partial charge < -0.3 is 10.2 Å². The van der Waals surface area contributed by atoms with Gasteiger partial charge in [-0.2, -0.15) is 13.2 Å². The molecule has 1 aliphatic rings. The van der Waals surface area contributed by atoms with E-state index in [0.29, 0.717) is 18.7 Å². The van der Waals surface area contributed by atoms with E-state index in [1.54, 1.807) is 4.90 Å². The van der Waals surface area contributed by atoms with Crippen LogP contribution in [0.3, 0.4) is 0 Å². The number of carbonyl (C=O) groups is 1. The highest BCUT2D eigenvalue weighted by Crippen LogP contribution is 2.29. The van der Waals surface area contributed by atoms with Crippen LogP contribution in [0.25, 0.3) is 0 Å². The Labute approximate surface area is 122 Å². The third-order valence-corrected chi connectivity index (χ3v) is 3.73. The van der Waals surface area contributed by atoms with Gasteiger partial charge in [0.1, 0.15) is 0 Å². The molecule has 0 spiro atoms. The number of benzene rings is 1. The van der Waals surface area contributed by atoms with Crippen LogP contribution in [0.5, 0.6) is 0 Å². The molecule has 116 valence electrons. The highest BCUT2D eigenvalue weighted by Gasteiger charge is 2.30. The van der Waals surface area contributed by atoms with Crippen molar-refractivity contribution in [2.75, 3.05) is 19.6 Å². The summed E-state index contributed by atoms with van der Waals surface area (Å²) in [5.41, 5.74) is -0.442. The van der Waals surface area contributed by atoms with E-state index in [-0.39, 0.29) is 11.9 Å². The Bertz CT molecular complexity index is 479. The summed E-state index contributed by atoms with van der Waals surface area (Å²) in [5.74, 6) is -0.222. The first-order chi connectivity index (χ1) is 9.91. The third-order valence-electron chi connectivity index (χ3n) is 3.73. The molecule has 1 heterocycles. The van der Waals surface area contributed by atoms with E-state index in [0.717, 1.165) is 31.5 Å². The van der Waals surface area contributed by atoms with Gasteiger partial charge in [-0.15, -0.1) is 0 Å². The van der Waals surface area contributed by atoms with Crippen molar-refractivity contribution in [1.29, 1.82) is 0 Å². The third kappa shape index (κ3) is 3.97. The minimum absolute atomic E-state index is 0.222. The highest BCUT2D eigenvalue weighted by molar-refractivity contribution is 5.94. The summed E-state index contributed by atoms with van der Waals surface area (Å²) >= 11 is 0. The average Bonchev–Trinajstić information content (AvgIpc) is 2.96. The maximum Gasteiger partial charge on any atom is 0.416 e. The molecule has 0 saturated carbocycles. The fourth-order valence-corrected chi connectivity index (χ4v) is 2.52. The molecule has 2 rings (SSSR count). The Balaban J connectivity index is 2.06. The lowest BCUT2D eigenvalue weighted by Crippen LogP contribution is -2.41. The normalized spacial score (nSPS) is 18.8. The second kappa shape index (κ2) is 6.47. The van der Waals surface area contributed by atoms with Crippen LogP contribution in [0, 0.1) is 0 Å². The van der Waals surface area contributed by atoms with Crippen molar-refractivity contribution < 1.29 is 18.0 Å². The molecule has 21 heavy (non-hydrogen) atoms. The molecular weight excluding hydrogens is 281 g/mol. The van der Waals surface area contributed by atoms with E-state index in [2.05, 4.69) is 5.32 Å². The van der Waals surface area contributed by atoms with Crippen molar-refractivity contribution in [3.8, 4) is 0 Å². The first-order valence-electron chi connectivity index (χ1n) is 7.11. The van der Waals surface area contributed by atoms with E-state index in [1.165, 1.54) is 12.1 Å². The van der Waals surface area contributed by atoms with Gasteiger partial charge >= 0.3 is 6.18 Å². The fourth-order valence-electron chi connectivity index (χ4n) is 2.52. The molecule has 0 radical (unpaired) electrons. The number of carbonyl (C=O) groups excluding carboxylic acids is 1. The fraction of sp³-hybridized carbons (Fsp3) is 0.533. The van der Waals surface area contributed by atoms with E-state index >= 15 is 0 Å².